The lowest BCUT2D eigenvalue weighted by atomic mass is 9.96. The van der Waals surface area contributed by atoms with E-state index in [4.69, 9.17) is 10.2 Å². The van der Waals surface area contributed by atoms with Crippen LogP contribution in [0.25, 0.3) is 0 Å². The van der Waals surface area contributed by atoms with Crippen LogP contribution in [-0.4, -0.2) is 47.3 Å². The molecule has 4 nitrogen and oxygen atoms in total. The van der Waals surface area contributed by atoms with E-state index in [2.05, 4.69) is 4.90 Å². The van der Waals surface area contributed by atoms with Crippen LogP contribution in [-0.2, 0) is 4.79 Å². The highest BCUT2D eigenvalue weighted by atomic mass is 16.4. The molecule has 15 heavy (non-hydrogen) atoms. The minimum absolute atomic E-state index is 0.296. The first-order valence-electron chi connectivity index (χ1n) is 5.77. The second kappa shape index (κ2) is 6.80. The summed E-state index contributed by atoms with van der Waals surface area (Å²) >= 11 is 0. The molecule has 0 aliphatic carbocycles. The van der Waals surface area contributed by atoms with Gasteiger partial charge in [-0.15, -0.1) is 0 Å². The van der Waals surface area contributed by atoms with Crippen LogP contribution in [0.3, 0.4) is 0 Å². The molecule has 2 N–H and O–H groups in total. The number of rotatable bonds is 8. The maximum atomic E-state index is 10.4. The smallest absolute Gasteiger partial charge is 0.303 e. The fourth-order valence-electron chi connectivity index (χ4n) is 2.04. The molecule has 0 radical (unpaired) electrons. The van der Waals surface area contributed by atoms with Crippen LogP contribution in [0.2, 0.25) is 0 Å². The van der Waals surface area contributed by atoms with Gasteiger partial charge in [0.25, 0.3) is 0 Å². The summed E-state index contributed by atoms with van der Waals surface area (Å²) < 4.78 is 0. The molecule has 1 heterocycles. The molecule has 88 valence electrons. The number of aliphatic carboxylic acids is 1. The molecule has 0 aromatic carbocycles. The molecule has 1 aliphatic heterocycles. The number of likely N-dealkylation sites (tertiary alicyclic amines) is 1. The van der Waals surface area contributed by atoms with Crippen LogP contribution in [0.5, 0.6) is 0 Å². The number of hydrogen-bond acceptors (Lipinski definition) is 3. The fraction of sp³-hybridized carbons (Fsp3) is 0.909. The third kappa shape index (κ3) is 5.14. The molecular weight excluding hydrogens is 194 g/mol. The lowest BCUT2D eigenvalue weighted by molar-refractivity contribution is -0.139. The van der Waals surface area contributed by atoms with Crippen LogP contribution in [0.1, 0.15) is 32.1 Å². The Hall–Kier alpha value is -0.610. The Kier molecular flexibility index (Phi) is 5.65. The number of carbonyl (C=O) groups is 1. The summed E-state index contributed by atoms with van der Waals surface area (Å²) in [5.41, 5.74) is 0. The summed E-state index contributed by atoms with van der Waals surface area (Å²) in [6, 6.07) is 0. The molecule has 0 amide bonds. The van der Waals surface area contributed by atoms with E-state index < -0.39 is 5.97 Å². The predicted octanol–water partition coefficient (Wildman–Crippen LogP) is 0.946. The molecule has 0 atom stereocenters. The molecular formula is C11H21NO3. The van der Waals surface area contributed by atoms with Crippen molar-refractivity contribution >= 4 is 5.97 Å². The minimum atomic E-state index is -0.678. The summed E-state index contributed by atoms with van der Waals surface area (Å²) in [5, 5.41) is 17.2. The van der Waals surface area contributed by atoms with Crippen molar-refractivity contribution < 1.29 is 15.0 Å². The maximum absolute atomic E-state index is 10.4. The van der Waals surface area contributed by atoms with E-state index in [9.17, 15) is 4.79 Å². The molecule has 0 unspecified atom stereocenters. The normalized spacial score (nSPS) is 17.7. The van der Waals surface area contributed by atoms with Gasteiger partial charge in [0.05, 0.1) is 6.42 Å². The summed E-state index contributed by atoms with van der Waals surface area (Å²) in [7, 11) is 0. The molecule has 1 saturated heterocycles. The van der Waals surface area contributed by atoms with E-state index in [1.54, 1.807) is 0 Å². The number of unbranched alkanes of at least 4 members (excludes halogenated alkanes) is 3. The Morgan fingerprint density at radius 3 is 2.47 bits per heavy atom. The molecule has 4 heteroatoms. The Morgan fingerprint density at radius 2 is 1.87 bits per heavy atom. The lowest BCUT2D eigenvalue weighted by Crippen LogP contribution is -2.47. The Bertz CT molecular complexity index is 190. The quantitative estimate of drug-likeness (QED) is 0.592. The highest BCUT2D eigenvalue weighted by molar-refractivity contribution is 5.67. The Labute approximate surface area is 90.9 Å². The van der Waals surface area contributed by atoms with Crippen molar-refractivity contribution in [2.24, 2.45) is 5.92 Å². The minimum Gasteiger partial charge on any atom is -0.481 e. The van der Waals surface area contributed by atoms with Crippen LogP contribution < -0.4 is 0 Å². The molecule has 1 rings (SSSR count). The summed E-state index contributed by atoms with van der Waals surface area (Å²) in [6.45, 7) is 3.28. The molecule has 1 fully saturated rings. The number of carboxylic acid groups (broad SMARTS) is 1. The zero-order chi connectivity index (χ0) is 11.1. The van der Waals surface area contributed by atoms with Crippen molar-refractivity contribution in [3.8, 4) is 0 Å². The van der Waals surface area contributed by atoms with E-state index >= 15 is 0 Å². The van der Waals surface area contributed by atoms with Gasteiger partial charge in [0, 0.05) is 19.7 Å². The average Bonchev–Trinajstić information content (AvgIpc) is 2.12. The van der Waals surface area contributed by atoms with Gasteiger partial charge in [-0.2, -0.15) is 0 Å². The van der Waals surface area contributed by atoms with Crippen molar-refractivity contribution in [1.29, 1.82) is 0 Å². The number of aliphatic hydroxyl groups excluding tert-OH is 1. The van der Waals surface area contributed by atoms with Crippen molar-refractivity contribution in [2.75, 3.05) is 26.2 Å². The first-order chi connectivity index (χ1) is 7.22. The van der Waals surface area contributed by atoms with Gasteiger partial charge in [-0.3, -0.25) is 4.79 Å². The summed E-state index contributed by atoms with van der Waals surface area (Å²) in [6.07, 6.45) is 4.66. The van der Waals surface area contributed by atoms with Crippen molar-refractivity contribution in [3.63, 3.8) is 0 Å². The van der Waals surface area contributed by atoms with Gasteiger partial charge < -0.3 is 15.1 Å². The van der Waals surface area contributed by atoms with Gasteiger partial charge in [0.15, 0.2) is 0 Å². The highest BCUT2D eigenvalue weighted by Crippen LogP contribution is 2.19. The zero-order valence-electron chi connectivity index (χ0n) is 9.19. The van der Waals surface area contributed by atoms with E-state index in [0.717, 1.165) is 32.5 Å². The zero-order valence-corrected chi connectivity index (χ0v) is 9.19. The number of carboxylic acids is 1. The standard InChI is InChI=1S/C11H21NO3/c13-6-4-2-1-3-5-12-8-10(9-12)7-11(14)15/h10,13H,1-9H2,(H,14,15). The monoisotopic (exact) mass is 215 g/mol. The Balaban J connectivity index is 1.87. The van der Waals surface area contributed by atoms with E-state index in [-0.39, 0.29) is 0 Å². The second-order valence-corrected chi connectivity index (χ2v) is 4.36. The van der Waals surface area contributed by atoms with Gasteiger partial charge in [-0.05, 0) is 25.3 Å². The first-order valence-corrected chi connectivity index (χ1v) is 5.77. The Morgan fingerprint density at radius 1 is 1.20 bits per heavy atom. The molecule has 0 saturated carbocycles. The predicted molar refractivity (Wildman–Crippen MR) is 57.7 cm³/mol. The van der Waals surface area contributed by atoms with Gasteiger partial charge >= 0.3 is 5.97 Å². The van der Waals surface area contributed by atoms with E-state index in [1.165, 1.54) is 12.8 Å². The van der Waals surface area contributed by atoms with Crippen LogP contribution in [0.4, 0.5) is 0 Å². The summed E-state index contributed by atoms with van der Waals surface area (Å²) in [5.74, 6) is -0.303. The molecule has 0 bridgehead atoms. The number of aliphatic hydroxyl groups is 1. The maximum Gasteiger partial charge on any atom is 0.303 e. The van der Waals surface area contributed by atoms with Crippen molar-refractivity contribution in [3.05, 3.63) is 0 Å². The SMILES string of the molecule is O=C(O)CC1CN(CCCCCCO)C1. The van der Waals surface area contributed by atoms with E-state index in [0.29, 0.717) is 18.9 Å². The largest absolute Gasteiger partial charge is 0.481 e. The lowest BCUT2D eigenvalue weighted by Gasteiger charge is -2.38. The first kappa shape index (κ1) is 12.5. The van der Waals surface area contributed by atoms with Crippen LogP contribution in [0.15, 0.2) is 0 Å². The van der Waals surface area contributed by atoms with Crippen molar-refractivity contribution in [2.45, 2.75) is 32.1 Å². The fourth-order valence-corrected chi connectivity index (χ4v) is 2.04. The third-order valence-electron chi connectivity index (χ3n) is 2.88. The topological polar surface area (TPSA) is 60.8 Å². The van der Waals surface area contributed by atoms with E-state index in [1.807, 2.05) is 0 Å². The van der Waals surface area contributed by atoms with Crippen molar-refractivity contribution in [1.82, 2.24) is 4.90 Å². The molecule has 0 aromatic heterocycles. The highest BCUT2D eigenvalue weighted by Gasteiger charge is 2.27. The number of nitrogens with zero attached hydrogens (tertiary/aromatic N) is 1. The molecule has 0 spiro atoms. The second-order valence-electron chi connectivity index (χ2n) is 4.36. The van der Waals surface area contributed by atoms with Crippen LogP contribution >= 0.6 is 0 Å². The molecule has 1 aliphatic rings. The summed E-state index contributed by atoms with van der Waals surface area (Å²) in [4.78, 5) is 12.7. The van der Waals surface area contributed by atoms with Crippen LogP contribution in [0, 0.1) is 5.92 Å². The van der Waals surface area contributed by atoms with Gasteiger partial charge in [0.1, 0.15) is 0 Å². The van der Waals surface area contributed by atoms with Gasteiger partial charge in [0.2, 0.25) is 0 Å². The van der Waals surface area contributed by atoms with Gasteiger partial charge in [-0.25, -0.2) is 0 Å². The van der Waals surface area contributed by atoms with Gasteiger partial charge in [-0.1, -0.05) is 12.8 Å². The third-order valence-corrected chi connectivity index (χ3v) is 2.88. The molecule has 0 aromatic rings. The number of hydrogen-bond donors (Lipinski definition) is 2. The average molecular weight is 215 g/mol.